The summed E-state index contributed by atoms with van der Waals surface area (Å²) >= 11 is 2.11. The van der Waals surface area contributed by atoms with Gasteiger partial charge in [-0.3, -0.25) is 9.48 Å². The molecule has 0 saturated heterocycles. The van der Waals surface area contributed by atoms with Crippen LogP contribution in [0.15, 0.2) is 0 Å². The Labute approximate surface area is 111 Å². The zero-order valence-electron chi connectivity index (χ0n) is 11.9. The number of amidine groups is 1. The standard InChI is InChI=1S/C14H29N2S/c1-4-7-8-9-12-17-13-16-11-10-15(6-3)14(16)5-2/h4-13H2,1-3H3/q+1. The van der Waals surface area contributed by atoms with E-state index in [4.69, 9.17) is 0 Å². The fourth-order valence-corrected chi connectivity index (χ4v) is 3.47. The normalized spacial score (nSPS) is 16.1. The molecule has 0 bridgehead atoms. The minimum Gasteiger partial charge on any atom is -0.262 e. The molecule has 0 saturated carbocycles. The third-order valence-electron chi connectivity index (χ3n) is 3.46. The molecule has 0 fully saturated rings. The molecule has 0 aromatic heterocycles. The summed E-state index contributed by atoms with van der Waals surface area (Å²) in [7, 11) is 0. The maximum atomic E-state index is 2.58. The smallest absolute Gasteiger partial charge is 0.247 e. The van der Waals surface area contributed by atoms with Gasteiger partial charge in [-0.05, 0) is 19.1 Å². The number of unbranched alkanes of at least 4 members (excludes halogenated alkanes) is 3. The van der Waals surface area contributed by atoms with Crippen molar-refractivity contribution in [3.63, 3.8) is 0 Å². The van der Waals surface area contributed by atoms with E-state index in [0.29, 0.717) is 0 Å². The zero-order chi connectivity index (χ0) is 12.5. The first-order chi connectivity index (χ1) is 8.33. The number of thioether (sulfide) groups is 1. The van der Waals surface area contributed by atoms with Crippen molar-refractivity contribution in [1.82, 2.24) is 4.90 Å². The second kappa shape index (κ2) is 8.84. The minimum absolute atomic E-state index is 1.17. The van der Waals surface area contributed by atoms with Crippen LogP contribution < -0.4 is 0 Å². The monoisotopic (exact) mass is 257 g/mol. The van der Waals surface area contributed by atoms with E-state index >= 15 is 0 Å². The number of likely N-dealkylation sites (N-methyl/N-ethyl adjacent to an activating group) is 1. The van der Waals surface area contributed by atoms with Crippen LogP contribution in [0.2, 0.25) is 0 Å². The summed E-state index contributed by atoms with van der Waals surface area (Å²) in [6.45, 7) is 10.5. The summed E-state index contributed by atoms with van der Waals surface area (Å²) in [5.41, 5.74) is 0. The second-order valence-corrected chi connectivity index (χ2v) is 5.79. The molecule has 0 radical (unpaired) electrons. The maximum absolute atomic E-state index is 2.58. The molecule has 0 spiro atoms. The first-order valence-corrected chi connectivity index (χ1v) is 8.42. The lowest BCUT2D eigenvalue weighted by molar-refractivity contribution is -0.497. The van der Waals surface area contributed by atoms with Gasteiger partial charge in [0.05, 0.1) is 6.54 Å². The third kappa shape index (κ3) is 4.90. The molecule has 0 N–H and O–H groups in total. The van der Waals surface area contributed by atoms with Crippen molar-refractivity contribution in [2.24, 2.45) is 0 Å². The first kappa shape index (κ1) is 14.9. The van der Waals surface area contributed by atoms with Gasteiger partial charge >= 0.3 is 0 Å². The van der Waals surface area contributed by atoms with E-state index in [0.717, 1.165) is 0 Å². The Morgan fingerprint density at radius 3 is 2.65 bits per heavy atom. The molecule has 0 aromatic carbocycles. The van der Waals surface area contributed by atoms with Crippen LogP contribution in [0.1, 0.15) is 52.9 Å². The quantitative estimate of drug-likeness (QED) is 0.461. The van der Waals surface area contributed by atoms with Gasteiger partial charge in [0.2, 0.25) is 5.84 Å². The van der Waals surface area contributed by atoms with Gasteiger partial charge in [-0.1, -0.05) is 33.1 Å². The molecule has 0 amide bonds. The molecule has 100 valence electrons. The Morgan fingerprint density at radius 2 is 2.00 bits per heavy atom. The van der Waals surface area contributed by atoms with Crippen molar-refractivity contribution < 1.29 is 4.58 Å². The van der Waals surface area contributed by atoms with Crippen LogP contribution in [0.3, 0.4) is 0 Å². The first-order valence-electron chi connectivity index (χ1n) is 7.26. The van der Waals surface area contributed by atoms with Gasteiger partial charge in [-0.25, -0.2) is 0 Å². The average molecular weight is 257 g/mol. The van der Waals surface area contributed by atoms with E-state index in [2.05, 4.69) is 42.0 Å². The fraction of sp³-hybridized carbons (Fsp3) is 0.929. The Hall–Kier alpha value is -0.180. The molecule has 0 atom stereocenters. The Bertz CT molecular complexity index is 238. The van der Waals surface area contributed by atoms with Crippen LogP contribution in [-0.2, 0) is 0 Å². The molecule has 17 heavy (non-hydrogen) atoms. The lowest BCUT2D eigenvalue weighted by Gasteiger charge is -2.09. The van der Waals surface area contributed by atoms with Crippen molar-refractivity contribution in [3.05, 3.63) is 0 Å². The molecule has 1 aliphatic heterocycles. The molecular formula is C14H29N2S+. The Balaban J connectivity index is 2.21. The Kier molecular flexibility index (Phi) is 7.74. The SMILES string of the molecule is CCCCCCSC[N+]1=C(CC)N(CC)CC1. The largest absolute Gasteiger partial charge is 0.262 e. The van der Waals surface area contributed by atoms with Gasteiger partial charge in [0, 0.05) is 6.42 Å². The van der Waals surface area contributed by atoms with Crippen LogP contribution in [0.25, 0.3) is 0 Å². The molecule has 0 unspecified atom stereocenters. The van der Waals surface area contributed by atoms with Gasteiger partial charge in [-0.2, -0.15) is 0 Å². The molecule has 1 rings (SSSR count). The van der Waals surface area contributed by atoms with Crippen molar-refractivity contribution in [3.8, 4) is 0 Å². The van der Waals surface area contributed by atoms with Crippen molar-refractivity contribution >= 4 is 17.6 Å². The number of nitrogens with zero attached hydrogens (tertiary/aromatic N) is 2. The van der Waals surface area contributed by atoms with Crippen LogP contribution >= 0.6 is 11.8 Å². The van der Waals surface area contributed by atoms with Crippen LogP contribution in [0, 0.1) is 0 Å². The van der Waals surface area contributed by atoms with E-state index in [1.165, 1.54) is 63.4 Å². The summed E-state index contributed by atoms with van der Waals surface area (Å²) in [4.78, 5) is 2.53. The summed E-state index contributed by atoms with van der Waals surface area (Å²) in [5, 5.41) is 0. The van der Waals surface area contributed by atoms with Crippen LogP contribution in [0.5, 0.6) is 0 Å². The number of hydrogen-bond donors (Lipinski definition) is 0. The molecule has 1 heterocycles. The van der Waals surface area contributed by atoms with Crippen molar-refractivity contribution in [2.45, 2.75) is 52.9 Å². The molecule has 0 aromatic rings. The number of hydrogen-bond acceptors (Lipinski definition) is 2. The van der Waals surface area contributed by atoms with Gasteiger partial charge in [0.15, 0.2) is 0 Å². The Morgan fingerprint density at radius 1 is 1.18 bits per heavy atom. The average Bonchev–Trinajstić information content (AvgIpc) is 2.75. The second-order valence-electron chi connectivity index (χ2n) is 4.71. The third-order valence-corrected chi connectivity index (χ3v) is 4.53. The molecule has 1 aliphatic rings. The molecular weight excluding hydrogens is 228 g/mol. The van der Waals surface area contributed by atoms with E-state index < -0.39 is 0 Å². The van der Waals surface area contributed by atoms with E-state index in [1.54, 1.807) is 5.84 Å². The predicted octanol–water partition coefficient (Wildman–Crippen LogP) is 3.41. The topological polar surface area (TPSA) is 6.25 Å². The summed E-state index contributed by atoms with van der Waals surface area (Å²) in [6, 6.07) is 0. The number of rotatable bonds is 9. The van der Waals surface area contributed by atoms with Crippen LogP contribution in [0.4, 0.5) is 0 Å². The zero-order valence-corrected chi connectivity index (χ0v) is 12.7. The van der Waals surface area contributed by atoms with Crippen molar-refractivity contribution in [2.75, 3.05) is 31.3 Å². The van der Waals surface area contributed by atoms with Gasteiger partial charge in [0.25, 0.3) is 0 Å². The van der Waals surface area contributed by atoms with E-state index in [-0.39, 0.29) is 0 Å². The molecule has 2 nitrogen and oxygen atoms in total. The summed E-state index contributed by atoms with van der Waals surface area (Å²) < 4.78 is 2.58. The van der Waals surface area contributed by atoms with Gasteiger partial charge < -0.3 is 0 Å². The lowest BCUT2D eigenvalue weighted by atomic mass is 10.2. The van der Waals surface area contributed by atoms with Gasteiger partial charge in [0.1, 0.15) is 19.0 Å². The van der Waals surface area contributed by atoms with Crippen molar-refractivity contribution in [1.29, 1.82) is 0 Å². The highest BCUT2D eigenvalue weighted by atomic mass is 32.2. The highest BCUT2D eigenvalue weighted by Crippen LogP contribution is 2.11. The highest BCUT2D eigenvalue weighted by Gasteiger charge is 2.26. The predicted molar refractivity (Wildman–Crippen MR) is 79.1 cm³/mol. The van der Waals surface area contributed by atoms with E-state index in [1.807, 2.05) is 0 Å². The molecule has 0 aliphatic carbocycles. The maximum Gasteiger partial charge on any atom is 0.247 e. The van der Waals surface area contributed by atoms with Crippen LogP contribution in [-0.4, -0.2) is 46.6 Å². The summed E-state index contributed by atoms with van der Waals surface area (Å²) in [6.07, 6.45) is 6.74. The lowest BCUT2D eigenvalue weighted by Crippen LogP contribution is -2.28. The van der Waals surface area contributed by atoms with E-state index in [9.17, 15) is 0 Å². The molecule has 3 heteroatoms. The summed E-state index contributed by atoms with van der Waals surface area (Å²) in [5.74, 6) is 4.10. The fourth-order valence-electron chi connectivity index (χ4n) is 2.43. The van der Waals surface area contributed by atoms with Gasteiger partial charge in [-0.15, -0.1) is 11.8 Å². The highest BCUT2D eigenvalue weighted by molar-refractivity contribution is 7.99. The minimum atomic E-state index is 1.17.